The second-order valence-corrected chi connectivity index (χ2v) is 4.19. The number of rotatable bonds is 4. The molecule has 0 aliphatic carbocycles. The van der Waals surface area contributed by atoms with E-state index in [1.54, 1.807) is 17.8 Å². The Kier molecular flexibility index (Phi) is 4.08. The van der Waals surface area contributed by atoms with Crippen LogP contribution in [0.25, 0.3) is 0 Å². The third-order valence-electron chi connectivity index (χ3n) is 2.84. The monoisotopic (exact) mass is 238 g/mol. The van der Waals surface area contributed by atoms with Gasteiger partial charge >= 0.3 is 5.97 Å². The van der Waals surface area contributed by atoms with Crippen LogP contribution in [0.1, 0.15) is 36.7 Å². The SMILES string of the molecule is CCOC(=O)c1cn(C[C@@H]2CCCCN2)nn1. The number of nitrogens with zero attached hydrogens (tertiary/aromatic N) is 3. The van der Waals surface area contributed by atoms with Crippen molar-refractivity contribution in [3.8, 4) is 0 Å². The predicted octanol–water partition coefficient (Wildman–Crippen LogP) is 0.597. The molecule has 1 aliphatic heterocycles. The molecule has 6 heteroatoms. The van der Waals surface area contributed by atoms with Crippen molar-refractivity contribution in [2.75, 3.05) is 13.2 Å². The Morgan fingerprint density at radius 2 is 2.53 bits per heavy atom. The van der Waals surface area contributed by atoms with Crippen molar-refractivity contribution in [2.24, 2.45) is 0 Å². The number of nitrogens with one attached hydrogen (secondary N) is 1. The molecule has 2 heterocycles. The summed E-state index contributed by atoms with van der Waals surface area (Å²) < 4.78 is 6.56. The highest BCUT2D eigenvalue weighted by Gasteiger charge is 2.16. The molecule has 1 aromatic heterocycles. The smallest absolute Gasteiger partial charge is 0.360 e. The van der Waals surface area contributed by atoms with E-state index in [4.69, 9.17) is 4.74 Å². The first-order chi connectivity index (χ1) is 8.29. The van der Waals surface area contributed by atoms with Gasteiger partial charge in [0.1, 0.15) is 0 Å². The van der Waals surface area contributed by atoms with Gasteiger partial charge in [-0.05, 0) is 26.3 Å². The van der Waals surface area contributed by atoms with Crippen molar-refractivity contribution >= 4 is 5.97 Å². The van der Waals surface area contributed by atoms with Crippen molar-refractivity contribution in [3.63, 3.8) is 0 Å². The molecule has 1 N–H and O–H groups in total. The van der Waals surface area contributed by atoms with Gasteiger partial charge in [0, 0.05) is 6.04 Å². The summed E-state index contributed by atoms with van der Waals surface area (Å²) >= 11 is 0. The normalized spacial score (nSPS) is 20.2. The molecular weight excluding hydrogens is 220 g/mol. The summed E-state index contributed by atoms with van der Waals surface area (Å²) in [5.74, 6) is -0.407. The fraction of sp³-hybridized carbons (Fsp3) is 0.727. The van der Waals surface area contributed by atoms with Crippen molar-refractivity contribution < 1.29 is 9.53 Å². The zero-order valence-corrected chi connectivity index (χ0v) is 10.1. The van der Waals surface area contributed by atoms with Gasteiger partial charge in [-0.15, -0.1) is 5.10 Å². The second-order valence-electron chi connectivity index (χ2n) is 4.19. The van der Waals surface area contributed by atoms with E-state index in [-0.39, 0.29) is 5.69 Å². The van der Waals surface area contributed by atoms with E-state index < -0.39 is 5.97 Å². The van der Waals surface area contributed by atoms with Gasteiger partial charge in [-0.1, -0.05) is 11.6 Å². The Bertz CT molecular complexity index is 371. The van der Waals surface area contributed by atoms with Crippen molar-refractivity contribution in [2.45, 2.75) is 38.8 Å². The topological polar surface area (TPSA) is 69.0 Å². The van der Waals surface area contributed by atoms with Crippen LogP contribution in [0, 0.1) is 0 Å². The molecule has 0 bridgehead atoms. The first kappa shape index (κ1) is 12.0. The maximum atomic E-state index is 11.4. The molecule has 0 saturated carbocycles. The van der Waals surface area contributed by atoms with Crippen LogP contribution in [0.2, 0.25) is 0 Å². The molecule has 0 amide bonds. The fourth-order valence-electron chi connectivity index (χ4n) is 1.99. The van der Waals surface area contributed by atoms with Crippen LogP contribution in [0.5, 0.6) is 0 Å². The van der Waals surface area contributed by atoms with Gasteiger partial charge in [-0.25, -0.2) is 4.79 Å². The lowest BCUT2D eigenvalue weighted by atomic mass is 10.1. The number of aromatic nitrogens is 3. The summed E-state index contributed by atoms with van der Waals surface area (Å²) in [4.78, 5) is 11.4. The van der Waals surface area contributed by atoms with Gasteiger partial charge in [0.15, 0.2) is 5.69 Å². The minimum Gasteiger partial charge on any atom is -0.461 e. The standard InChI is InChI=1S/C11H18N4O2/c1-2-17-11(16)10-8-15(14-13-10)7-9-5-3-4-6-12-9/h8-9,12H,2-7H2,1H3/t9-/m0/s1. The molecular formula is C11H18N4O2. The quantitative estimate of drug-likeness (QED) is 0.778. The first-order valence-corrected chi connectivity index (χ1v) is 6.10. The van der Waals surface area contributed by atoms with Crippen LogP contribution in [0.4, 0.5) is 0 Å². The number of hydrogen-bond acceptors (Lipinski definition) is 5. The highest BCUT2D eigenvalue weighted by molar-refractivity contribution is 5.86. The summed E-state index contributed by atoms with van der Waals surface area (Å²) in [7, 11) is 0. The van der Waals surface area contributed by atoms with E-state index in [1.807, 2.05) is 0 Å². The molecule has 94 valence electrons. The van der Waals surface area contributed by atoms with E-state index in [2.05, 4.69) is 15.6 Å². The molecule has 1 saturated heterocycles. The summed E-state index contributed by atoms with van der Waals surface area (Å²) in [5.41, 5.74) is 0.280. The van der Waals surface area contributed by atoms with Crippen molar-refractivity contribution in [1.82, 2.24) is 20.3 Å². The van der Waals surface area contributed by atoms with Gasteiger partial charge < -0.3 is 10.1 Å². The van der Waals surface area contributed by atoms with E-state index in [9.17, 15) is 4.79 Å². The highest BCUT2D eigenvalue weighted by Crippen LogP contribution is 2.08. The van der Waals surface area contributed by atoms with E-state index in [0.717, 1.165) is 19.5 Å². The molecule has 0 radical (unpaired) electrons. The number of carbonyl (C=O) groups excluding carboxylic acids is 1. The third-order valence-corrected chi connectivity index (χ3v) is 2.84. The Morgan fingerprint density at radius 3 is 3.24 bits per heavy atom. The molecule has 1 aromatic rings. The lowest BCUT2D eigenvalue weighted by molar-refractivity contribution is 0.0519. The minimum atomic E-state index is -0.407. The summed E-state index contributed by atoms with van der Waals surface area (Å²) in [6.45, 7) is 3.95. The fourth-order valence-corrected chi connectivity index (χ4v) is 1.99. The Labute approximate surface area is 100 Å². The van der Waals surface area contributed by atoms with Crippen LogP contribution >= 0.6 is 0 Å². The van der Waals surface area contributed by atoms with E-state index in [0.29, 0.717) is 12.6 Å². The van der Waals surface area contributed by atoms with Crippen LogP contribution in [0.3, 0.4) is 0 Å². The average molecular weight is 238 g/mol. The Balaban J connectivity index is 1.91. The predicted molar refractivity (Wildman–Crippen MR) is 61.6 cm³/mol. The van der Waals surface area contributed by atoms with Crippen LogP contribution in [-0.2, 0) is 11.3 Å². The third kappa shape index (κ3) is 3.26. The van der Waals surface area contributed by atoms with Crippen LogP contribution in [-0.4, -0.2) is 40.2 Å². The maximum Gasteiger partial charge on any atom is 0.360 e. The molecule has 1 aliphatic rings. The maximum absolute atomic E-state index is 11.4. The minimum absolute atomic E-state index is 0.280. The lowest BCUT2D eigenvalue weighted by Crippen LogP contribution is -2.37. The van der Waals surface area contributed by atoms with Crippen LogP contribution < -0.4 is 5.32 Å². The number of ether oxygens (including phenoxy) is 1. The highest BCUT2D eigenvalue weighted by atomic mass is 16.5. The van der Waals surface area contributed by atoms with Gasteiger partial charge in [0.25, 0.3) is 0 Å². The Morgan fingerprint density at radius 1 is 1.65 bits per heavy atom. The largest absolute Gasteiger partial charge is 0.461 e. The average Bonchev–Trinajstić information content (AvgIpc) is 2.79. The first-order valence-electron chi connectivity index (χ1n) is 6.10. The van der Waals surface area contributed by atoms with Crippen LogP contribution in [0.15, 0.2) is 6.20 Å². The molecule has 6 nitrogen and oxygen atoms in total. The number of hydrogen-bond donors (Lipinski definition) is 1. The molecule has 1 fully saturated rings. The van der Waals surface area contributed by atoms with Gasteiger partial charge in [0.2, 0.25) is 0 Å². The molecule has 0 spiro atoms. The molecule has 0 aromatic carbocycles. The summed E-state index contributed by atoms with van der Waals surface area (Å²) in [6.07, 6.45) is 5.28. The number of esters is 1. The lowest BCUT2D eigenvalue weighted by Gasteiger charge is -2.22. The van der Waals surface area contributed by atoms with Gasteiger partial charge in [0.05, 0.1) is 19.3 Å². The van der Waals surface area contributed by atoms with Gasteiger partial charge in [-0.3, -0.25) is 4.68 Å². The number of carbonyl (C=O) groups is 1. The second kappa shape index (κ2) is 5.77. The summed E-state index contributed by atoms with van der Waals surface area (Å²) in [5, 5.41) is 11.2. The zero-order chi connectivity index (χ0) is 12.1. The zero-order valence-electron chi connectivity index (χ0n) is 10.1. The molecule has 17 heavy (non-hydrogen) atoms. The molecule has 1 atom stereocenters. The molecule has 2 rings (SSSR count). The number of piperidine rings is 1. The Hall–Kier alpha value is -1.43. The summed E-state index contributed by atoms with van der Waals surface area (Å²) in [6, 6.07) is 0.431. The van der Waals surface area contributed by atoms with Crippen molar-refractivity contribution in [3.05, 3.63) is 11.9 Å². The molecule has 0 unspecified atom stereocenters. The van der Waals surface area contributed by atoms with E-state index >= 15 is 0 Å². The van der Waals surface area contributed by atoms with Gasteiger partial charge in [-0.2, -0.15) is 0 Å². The van der Waals surface area contributed by atoms with Crippen molar-refractivity contribution in [1.29, 1.82) is 0 Å². The van der Waals surface area contributed by atoms with E-state index in [1.165, 1.54) is 12.8 Å².